The van der Waals surface area contributed by atoms with Crippen LogP contribution in [0.2, 0.25) is 0 Å². The SMILES string of the molecule is CCOc1ccc2nc(N(Cc3cccnc3)C(=O)c3ccccc3C(=O)OC)sc2c1. The summed E-state index contributed by atoms with van der Waals surface area (Å²) >= 11 is 1.39. The fourth-order valence-electron chi connectivity index (χ4n) is 3.27. The maximum Gasteiger partial charge on any atom is 0.338 e. The molecule has 2 heterocycles. The molecule has 0 saturated heterocycles. The van der Waals surface area contributed by atoms with Crippen molar-refractivity contribution in [1.29, 1.82) is 0 Å². The predicted molar refractivity (Wildman–Crippen MR) is 123 cm³/mol. The van der Waals surface area contributed by atoms with Gasteiger partial charge in [0.2, 0.25) is 0 Å². The number of pyridine rings is 1. The molecule has 162 valence electrons. The van der Waals surface area contributed by atoms with Crippen molar-refractivity contribution >= 4 is 38.6 Å². The summed E-state index contributed by atoms with van der Waals surface area (Å²) in [4.78, 5) is 36.3. The molecule has 0 saturated carbocycles. The van der Waals surface area contributed by atoms with Crippen LogP contribution in [-0.4, -0.2) is 35.6 Å². The normalized spacial score (nSPS) is 10.7. The zero-order chi connectivity index (χ0) is 22.5. The standard InChI is InChI=1S/C24H21N3O4S/c1-3-31-17-10-11-20-21(13-17)32-24(26-20)27(15-16-7-6-12-25-14-16)22(28)18-8-4-5-9-19(18)23(29)30-2/h4-14H,3,15H2,1-2H3. The number of nitrogens with zero attached hydrogens (tertiary/aromatic N) is 3. The number of thiazole rings is 1. The minimum absolute atomic E-state index is 0.205. The molecule has 0 aliphatic carbocycles. The van der Waals surface area contributed by atoms with Gasteiger partial charge in [-0.05, 0) is 48.9 Å². The summed E-state index contributed by atoms with van der Waals surface area (Å²) in [6, 6.07) is 15.9. The number of hydrogen-bond acceptors (Lipinski definition) is 7. The second-order valence-electron chi connectivity index (χ2n) is 6.85. The molecule has 0 fully saturated rings. The van der Waals surface area contributed by atoms with E-state index in [0.29, 0.717) is 11.7 Å². The number of aromatic nitrogens is 2. The second kappa shape index (κ2) is 9.57. The molecule has 0 radical (unpaired) electrons. The Balaban J connectivity index is 1.79. The van der Waals surface area contributed by atoms with Gasteiger partial charge in [-0.15, -0.1) is 0 Å². The van der Waals surface area contributed by atoms with Gasteiger partial charge in [0.15, 0.2) is 5.13 Å². The summed E-state index contributed by atoms with van der Waals surface area (Å²) in [6.07, 6.45) is 3.38. The average Bonchev–Trinajstić information content (AvgIpc) is 3.25. The van der Waals surface area contributed by atoms with E-state index >= 15 is 0 Å². The Morgan fingerprint density at radius 3 is 2.59 bits per heavy atom. The van der Waals surface area contributed by atoms with Crippen LogP contribution < -0.4 is 9.64 Å². The molecule has 0 N–H and O–H groups in total. The Morgan fingerprint density at radius 2 is 1.88 bits per heavy atom. The lowest BCUT2D eigenvalue weighted by Gasteiger charge is -2.21. The molecular formula is C24H21N3O4S. The maximum absolute atomic E-state index is 13.7. The number of methoxy groups -OCH3 is 1. The monoisotopic (exact) mass is 447 g/mol. The molecule has 1 amide bonds. The minimum atomic E-state index is -0.569. The van der Waals surface area contributed by atoms with Crippen LogP contribution in [0.1, 0.15) is 33.2 Å². The molecule has 0 unspecified atom stereocenters. The minimum Gasteiger partial charge on any atom is -0.494 e. The number of esters is 1. The maximum atomic E-state index is 13.7. The van der Waals surface area contributed by atoms with Gasteiger partial charge in [-0.2, -0.15) is 0 Å². The first-order valence-corrected chi connectivity index (χ1v) is 10.8. The highest BCUT2D eigenvalue weighted by molar-refractivity contribution is 7.22. The molecule has 4 rings (SSSR count). The van der Waals surface area contributed by atoms with Crippen molar-refractivity contribution in [3.63, 3.8) is 0 Å². The Labute approximate surface area is 189 Å². The van der Waals surface area contributed by atoms with E-state index < -0.39 is 5.97 Å². The summed E-state index contributed by atoms with van der Waals surface area (Å²) in [6.45, 7) is 2.74. The number of carbonyl (C=O) groups excluding carboxylic acids is 2. The van der Waals surface area contributed by atoms with E-state index in [1.807, 2.05) is 37.3 Å². The zero-order valence-corrected chi connectivity index (χ0v) is 18.5. The molecule has 2 aromatic heterocycles. The van der Waals surface area contributed by atoms with E-state index in [2.05, 4.69) is 9.97 Å². The Hall–Kier alpha value is -3.78. The summed E-state index contributed by atoms with van der Waals surface area (Å²) in [7, 11) is 1.29. The topological polar surface area (TPSA) is 81.6 Å². The Bertz CT molecular complexity index is 1260. The Morgan fingerprint density at radius 1 is 1.06 bits per heavy atom. The lowest BCUT2D eigenvalue weighted by Crippen LogP contribution is -2.31. The summed E-state index contributed by atoms with van der Waals surface area (Å²) in [5.74, 6) is -0.170. The smallest absolute Gasteiger partial charge is 0.338 e. The second-order valence-corrected chi connectivity index (χ2v) is 7.86. The molecule has 8 heteroatoms. The molecule has 7 nitrogen and oxygen atoms in total. The highest BCUT2D eigenvalue weighted by Gasteiger charge is 2.26. The van der Waals surface area contributed by atoms with E-state index in [4.69, 9.17) is 9.47 Å². The molecule has 0 bridgehead atoms. The predicted octanol–water partition coefficient (Wildman–Crippen LogP) is 4.72. The molecule has 0 spiro atoms. The summed E-state index contributed by atoms with van der Waals surface area (Å²) < 4.78 is 11.4. The number of anilines is 1. The molecule has 0 aliphatic heterocycles. The van der Waals surface area contributed by atoms with E-state index in [1.54, 1.807) is 41.6 Å². The van der Waals surface area contributed by atoms with Crippen molar-refractivity contribution in [3.8, 4) is 5.75 Å². The third kappa shape index (κ3) is 4.45. The number of rotatable bonds is 7. The van der Waals surface area contributed by atoms with Crippen molar-refractivity contribution in [2.45, 2.75) is 13.5 Å². The van der Waals surface area contributed by atoms with Crippen LogP contribution in [0, 0.1) is 0 Å². The van der Waals surface area contributed by atoms with E-state index in [1.165, 1.54) is 18.4 Å². The third-order valence-electron chi connectivity index (χ3n) is 4.76. The molecule has 0 atom stereocenters. The van der Waals surface area contributed by atoms with Gasteiger partial charge >= 0.3 is 5.97 Å². The van der Waals surface area contributed by atoms with Gasteiger partial charge in [0.25, 0.3) is 5.91 Å². The van der Waals surface area contributed by atoms with Gasteiger partial charge in [0.1, 0.15) is 5.75 Å². The van der Waals surface area contributed by atoms with Crippen LogP contribution in [0.15, 0.2) is 67.0 Å². The first kappa shape index (κ1) is 21.5. The largest absolute Gasteiger partial charge is 0.494 e. The fraction of sp³-hybridized carbons (Fsp3) is 0.167. The van der Waals surface area contributed by atoms with Crippen molar-refractivity contribution in [1.82, 2.24) is 9.97 Å². The van der Waals surface area contributed by atoms with Crippen molar-refractivity contribution < 1.29 is 19.1 Å². The van der Waals surface area contributed by atoms with Crippen molar-refractivity contribution in [2.24, 2.45) is 0 Å². The molecular weight excluding hydrogens is 426 g/mol. The van der Waals surface area contributed by atoms with Gasteiger partial charge in [0, 0.05) is 12.4 Å². The number of carbonyl (C=O) groups is 2. The molecule has 0 aliphatic rings. The molecule has 2 aromatic carbocycles. The van der Waals surface area contributed by atoms with Gasteiger partial charge in [-0.3, -0.25) is 14.7 Å². The summed E-state index contributed by atoms with van der Waals surface area (Å²) in [5, 5.41) is 0.516. The average molecular weight is 448 g/mol. The van der Waals surface area contributed by atoms with Gasteiger partial charge in [0.05, 0.1) is 41.6 Å². The van der Waals surface area contributed by atoms with E-state index in [9.17, 15) is 9.59 Å². The first-order valence-electron chi connectivity index (χ1n) is 10.0. The lowest BCUT2D eigenvalue weighted by molar-refractivity contribution is 0.0597. The number of hydrogen-bond donors (Lipinski definition) is 0. The van der Waals surface area contributed by atoms with Crippen LogP contribution in [0.25, 0.3) is 10.2 Å². The highest BCUT2D eigenvalue weighted by Crippen LogP contribution is 2.33. The lowest BCUT2D eigenvalue weighted by atomic mass is 10.1. The highest BCUT2D eigenvalue weighted by atomic mass is 32.1. The number of ether oxygens (including phenoxy) is 2. The Kier molecular flexibility index (Phi) is 6.42. The van der Waals surface area contributed by atoms with Crippen LogP contribution in [0.5, 0.6) is 5.75 Å². The summed E-state index contributed by atoms with van der Waals surface area (Å²) in [5.41, 5.74) is 2.05. The van der Waals surface area contributed by atoms with Crippen LogP contribution in [0.4, 0.5) is 5.13 Å². The van der Waals surface area contributed by atoms with Crippen LogP contribution in [-0.2, 0) is 11.3 Å². The fourth-order valence-corrected chi connectivity index (χ4v) is 4.26. The molecule has 4 aromatic rings. The van der Waals surface area contributed by atoms with Crippen molar-refractivity contribution in [3.05, 3.63) is 83.7 Å². The van der Waals surface area contributed by atoms with Crippen LogP contribution in [0.3, 0.4) is 0 Å². The van der Waals surface area contributed by atoms with Crippen LogP contribution >= 0.6 is 11.3 Å². The number of amides is 1. The van der Waals surface area contributed by atoms with Crippen molar-refractivity contribution in [2.75, 3.05) is 18.6 Å². The zero-order valence-electron chi connectivity index (χ0n) is 17.6. The van der Waals surface area contributed by atoms with Gasteiger partial charge < -0.3 is 9.47 Å². The van der Waals surface area contributed by atoms with E-state index in [-0.39, 0.29) is 23.6 Å². The van der Waals surface area contributed by atoms with Gasteiger partial charge in [-0.1, -0.05) is 29.5 Å². The number of benzene rings is 2. The number of fused-ring (bicyclic) bond motifs is 1. The third-order valence-corrected chi connectivity index (χ3v) is 5.80. The molecule has 32 heavy (non-hydrogen) atoms. The quantitative estimate of drug-likeness (QED) is 0.381. The first-order chi connectivity index (χ1) is 15.6. The van der Waals surface area contributed by atoms with Gasteiger partial charge in [-0.25, -0.2) is 9.78 Å². The van der Waals surface area contributed by atoms with E-state index in [0.717, 1.165) is 21.5 Å².